The first-order chi connectivity index (χ1) is 16.0. The first-order valence-corrected chi connectivity index (χ1v) is 12.4. The number of carbonyl (C=O) groups is 3. The van der Waals surface area contributed by atoms with E-state index in [0.29, 0.717) is 17.3 Å². The molecule has 1 heterocycles. The van der Waals surface area contributed by atoms with Crippen LogP contribution >= 0.6 is 11.8 Å². The van der Waals surface area contributed by atoms with Crippen LogP contribution in [-0.2, 0) is 24.4 Å². The van der Waals surface area contributed by atoms with E-state index in [2.05, 4.69) is 0 Å². The van der Waals surface area contributed by atoms with Crippen molar-refractivity contribution in [3.05, 3.63) is 58.5 Å². The number of aryl methyl sites for hydroxylation is 1. The molecule has 34 heavy (non-hydrogen) atoms. The molecule has 0 saturated carbocycles. The van der Waals surface area contributed by atoms with Crippen LogP contribution in [0.4, 0.5) is 4.79 Å². The number of carbonyl (C=O) groups excluding carboxylic acids is 3. The van der Waals surface area contributed by atoms with Crippen LogP contribution in [0.1, 0.15) is 25.0 Å². The maximum atomic E-state index is 12.7. The largest absolute Gasteiger partial charge is 0.493 e. The molecule has 1 aliphatic heterocycles. The van der Waals surface area contributed by atoms with Crippen molar-refractivity contribution in [3.63, 3.8) is 0 Å². The van der Waals surface area contributed by atoms with Gasteiger partial charge >= 0.3 is 16.1 Å². The molecule has 0 radical (unpaired) electrons. The van der Waals surface area contributed by atoms with Gasteiger partial charge in [-0.3, -0.25) is 19.3 Å². The van der Waals surface area contributed by atoms with E-state index in [1.807, 2.05) is 6.92 Å². The van der Waals surface area contributed by atoms with Crippen molar-refractivity contribution in [2.24, 2.45) is 0 Å². The smallest absolute Gasteiger partial charge is 0.339 e. The van der Waals surface area contributed by atoms with Gasteiger partial charge in [0, 0.05) is 0 Å². The minimum Gasteiger partial charge on any atom is -0.493 e. The second-order valence-corrected chi connectivity index (χ2v) is 10.1. The van der Waals surface area contributed by atoms with Gasteiger partial charge in [0.25, 0.3) is 11.1 Å². The molecule has 9 nitrogen and oxygen atoms in total. The number of benzene rings is 2. The lowest BCUT2D eigenvalue weighted by Crippen LogP contribution is -2.35. The summed E-state index contributed by atoms with van der Waals surface area (Å²) in [5.74, 6) is -1.27. The van der Waals surface area contributed by atoms with E-state index < -0.39 is 33.8 Å². The number of hydrogen-bond acceptors (Lipinski definition) is 9. The summed E-state index contributed by atoms with van der Waals surface area (Å²) in [6.45, 7) is 4.66. The molecule has 0 bridgehead atoms. The molecule has 2 aromatic rings. The number of hydrogen-bond donors (Lipinski definition) is 0. The minimum absolute atomic E-state index is 0.0278. The normalized spacial score (nSPS) is 15.2. The third-order valence-electron chi connectivity index (χ3n) is 4.52. The number of imide groups is 1. The number of rotatable bonds is 8. The lowest BCUT2D eigenvalue weighted by atomic mass is 10.2. The molecule has 1 aliphatic rings. The average molecular weight is 506 g/mol. The van der Waals surface area contributed by atoms with Crippen LogP contribution in [0, 0.1) is 6.92 Å². The van der Waals surface area contributed by atoms with Gasteiger partial charge in [-0.15, -0.1) is 0 Å². The summed E-state index contributed by atoms with van der Waals surface area (Å²) in [5, 5.41) is -0.608. The van der Waals surface area contributed by atoms with Crippen molar-refractivity contribution >= 4 is 45.1 Å². The summed E-state index contributed by atoms with van der Waals surface area (Å²) >= 11 is 0.665. The fourth-order valence-corrected chi connectivity index (χ4v) is 4.71. The van der Waals surface area contributed by atoms with Crippen LogP contribution in [0.25, 0.3) is 6.08 Å². The summed E-state index contributed by atoms with van der Waals surface area (Å²) in [5.41, 5.74) is 1.29. The van der Waals surface area contributed by atoms with Crippen LogP contribution in [0.15, 0.2) is 52.3 Å². The Morgan fingerprint density at radius 2 is 1.76 bits per heavy atom. The monoisotopic (exact) mass is 505 g/mol. The maximum absolute atomic E-state index is 12.7. The Morgan fingerprint density at radius 1 is 1.09 bits per heavy atom. The summed E-state index contributed by atoms with van der Waals surface area (Å²) < 4.78 is 40.9. The van der Waals surface area contributed by atoms with Crippen molar-refractivity contribution in [3.8, 4) is 11.5 Å². The molecular formula is C23H23NO8S2. The van der Waals surface area contributed by atoms with Crippen molar-refractivity contribution < 1.29 is 36.5 Å². The van der Waals surface area contributed by atoms with Crippen molar-refractivity contribution in [2.75, 3.05) is 13.7 Å². The summed E-state index contributed by atoms with van der Waals surface area (Å²) in [6, 6.07) is 10.6. The Morgan fingerprint density at radius 3 is 2.38 bits per heavy atom. The summed E-state index contributed by atoms with van der Waals surface area (Å²) in [6.07, 6.45) is 1.03. The van der Waals surface area contributed by atoms with E-state index in [9.17, 15) is 22.8 Å². The Labute approximate surface area is 201 Å². The molecule has 0 N–H and O–H groups in total. The van der Waals surface area contributed by atoms with Crippen LogP contribution in [0.3, 0.4) is 0 Å². The quantitative estimate of drug-likeness (QED) is 0.300. The Hall–Kier alpha value is -3.31. The summed E-state index contributed by atoms with van der Waals surface area (Å²) in [7, 11) is -2.78. The molecule has 2 amide bonds. The SMILES string of the molecule is COc1ccc(/C=C2\SC(=O)N(CC(=O)OC(C)C)C2=O)cc1OS(=O)(=O)c1ccc(C)cc1. The predicted molar refractivity (Wildman–Crippen MR) is 126 cm³/mol. The number of methoxy groups -OCH3 is 1. The van der Waals surface area contributed by atoms with Crippen LogP contribution in [0.2, 0.25) is 0 Å². The van der Waals surface area contributed by atoms with Gasteiger partial charge in [-0.05, 0) is 68.4 Å². The van der Waals surface area contributed by atoms with Crippen molar-refractivity contribution in [1.82, 2.24) is 4.90 Å². The van der Waals surface area contributed by atoms with E-state index in [1.165, 1.54) is 37.5 Å². The molecule has 1 fully saturated rings. The zero-order valence-corrected chi connectivity index (χ0v) is 20.6. The number of thioether (sulfide) groups is 1. The lowest BCUT2D eigenvalue weighted by Gasteiger charge is -2.13. The zero-order valence-electron chi connectivity index (χ0n) is 18.9. The van der Waals surface area contributed by atoms with E-state index in [1.54, 1.807) is 32.0 Å². The first kappa shape index (κ1) is 25.3. The molecule has 0 spiro atoms. The number of esters is 1. The van der Waals surface area contributed by atoms with Gasteiger partial charge in [0.15, 0.2) is 11.5 Å². The standard InChI is InChI=1S/C23H23NO8S2/c1-14(2)31-21(25)13-24-22(26)20(33-23(24)27)12-16-7-10-18(30-4)19(11-16)32-34(28,29)17-8-5-15(3)6-9-17/h5-12,14H,13H2,1-4H3/b20-12-. The van der Waals surface area contributed by atoms with Gasteiger partial charge in [0.2, 0.25) is 0 Å². The molecule has 2 aromatic carbocycles. The number of ether oxygens (including phenoxy) is 2. The van der Waals surface area contributed by atoms with Crippen molar-refractivity contribution in [2.45, 2.75) is 31.8 Å². The fraction of sp³-hybridized carbons (Fsp3) is 0.261. The third-order valence-corrected chi connectivity index (χ3v) is 6.68. The Kier molecular flexibility index (Phi) is 7.68. The predicted octanol–water partition coefficient (Wildman–Crippen LogP) is 3.76. The van der Waals surface area contributed by atoms with E-state index in [-0.39, 0.29) is 27.4 Å². The number of nitrogens with zero attached hydrogens (tertiary/aromatic N) is 1. The zero-order chi connectivity index (χ0) is 25.0. The molecule has 3 rings (SSSR count). The molecule has 0 unspecified atom stereocenters. The molecule has 0 aliphatic carbocycles. The summed E-state index contributed by atoms with van der Waals surface area (Å²) in [4.78, 5) is 37.6. The number of amides is 2. The minimum atomic E-state index is -4.15. The van der Waals surface area contributed by atoms with Crippen molar-refractivity contribution in [1.29, 1.82) is 0 Å². The lowest BCUT2D eigenvalue weighted by molar-refractivity contribution is -0.149. The molecule has 180 valence electrons. The molecule has 0 atom stereocenters. The van der Waals surface area contributed by atoms with E-state index in [4.69, 9.17) is 13.7 Å². The van der Waals surface area contributed by atoms with Gasteiger partial charge in [0.1, 0.15) is 11.4 Å². The highest BCUT2D eigenvalue weighted by Crippen LogP contribution is 2.35. The molecule has 1 saturated heterocycles. The highest BCUT2D eigenvalue weighted by atomic mass is 32.2. The van der Waals surface area contributed by atoms with Gasteiger partial charge in [0.05, 0.1) is 18.1 Å². The molecule has 0 aromatic heterocycles. The fourth-order valence-electron chi connectivity index (χ4n) is 2.94. The second kappa shape index (κ2) is 10.3. The highest BCUT2D eigenvalue weighted by Gasteiger charge is 2.36. The maximum Gasteiger partial charge on any atom is 0.339 e. The van der Waals surface area contributed by atoms with E-state index in [0.717, 1.165) is 10.5 Å². The second-order valence-electron chi connectivity index (χ2n) is 7.57. The molecule has 11 heteroatoms. The Bertz CT molecular complexity index is 1250. The first-order valence-electron chi connectivity index (χ1n) is 10.1. The van der Waals surface area contributed by atoms with Gasteiger partial charge < -0.3 is 13.7 Å². The highest BCUT2D eigenvalue weighted by molar-refractivity contribution is 8.18. The molecular weight excluding hydrogens is 482 g/mol. The van der Waals surface area contributed by atoms with Gasteiger partial charge in [-0.1, -0.05) is 23.8 Å². The van der Waals surface area contributed by atoms with Crippen LogP contribution in [0.5, 0.6) is 11.5 Å². The van der Waals surface area contributed by atoms with E-state index >= 15 is 0 Å². The Balaban J connectivity index is 1.85. The van der Waals surface area contributed by atoms with Gasteiger partial charge in [-0.2, -0.15) is 8.42 Å². The topological polar surface area (TPSA) is 116 Å². The van der Waals surface area contributed by atoms with Crippen LogP contribution < -0.4 is 8.92 Å². The van der Waals surface area contributed by atoms with Crippen LogP contribution in [-0.4, -0.2) is 50.2 Å². The van der Waals surface area contributed by atoms with Gasteiger partial charge in [-0.25, -0.2) is 0 Å². The third kappa shape index (κ3) is 5.97. The average Bonchev–Trinajstić information content (AvgIpc) is 3.00.